The molecule has 0 atom stereocenters. The predicted octanol–water partition coefficient (Wildman–Crippen LogP) is 3.73. The zero-order chi connectivity index (χ0) is 19.2. The minimum absolute atomic E-state index is 0.237. The maximum atomic E-state index is 12.7. The van der Waals surface area contributed by atoms with E-state index in [-0.39, 0.29) is 5.91 Å². The highest BCUT2D eigenvalue weighted by atomic mass is 16.2. The Morgan fingerprint density at radius 2 is 1.56 bits per heavy atom. The number of rotatable bonds is 6. The first kappa shape index (κ1) is 19.3. The molecule has 4 heteroatoms. The summed E-state index contributed by atoms with van der Waals surface area (Å²) in [6, 6.07) is 17.0. The van der Waals surface area contributed by atoms with Gasteiger partial charge in [0.15, 0.2) is 0 Å². The molecule has 0 unspecified atom stereocenters. The van der Waals surface area contributed by atoms with Crippen LogP contribution in [-0.2, 0) is 11.2 Å². The van der Waals surface area contributed by atoms with E-state index in [9.17, 15) is 4.79 Å². The first-order chi connectivity index (χ1) is 13.1. The van der Waals surface area contributed by atoms with Gasteiger partial charge in [-0.2, -0.15) is 0 Å². The highest BCUT2D eigenvalue weighted by Crippen LogP contribution is 2.22. The number of amides is 1. The second-order valence-corrected chi connectivity index (χ2v) is 7.16. The first-order valence-corrected chi connectivity index (χ1v) is 10.0. The highest BCUT2D eigenvalue weighted by molar-refractivity contribution is 5.79. The maximum Gasteiger partial charge on any atom is 0.227 e. The third-order valence-electron chi connectivity index (χ3n) is 5.58. The Morgan fingerprint density at radius 3 is 2.15 bits per heavy atom. The predicted molar refractivity (Wildman–Crippen MR) is 114 cm³/mol. The van der Waals surface area contributed by atoms with E-state index in [1.165, 1.54) is 16.9 Å². The molecule has 27 heavy (non-hydrogen) atoms. The molecule has 0 saturated carbocycles. The number of hydrogen-bond acceptors (Lipinski definition) is 3. The van der Waals surface area contributed by atoms with Crippen molar-refractivity contribution in [1.82, 2.24) is 4.90 Å². The second kappa shape index (κ2) is 8.94. The van der Waals surface area contributed by atoms with Crippen LogP contribution in [0.1, 0.15) is 25.0 Å². The molecule has 0 bridgehead atoms. The Balaban J connectivity index is 1.55. The summed E-state index contributed by atoms with van der Waals surface area (Å²) in [7, 11) is 0. The van der Waals surface area contributed by atoms with Crippen LogP contribution in [0.3, 0.4) is 0 Å². The van der Waals surface area contributed by atoms with Gasteiger partial charge in [-0.1, -0.05) is 24.3 Å². The maximum absolute atomic E-state index is 12.7. The van der Waals surface area contributed by atoms with Crippen molar-refractivity contribution in [3.8, 4) is 0 Å². The van der Waals surface area contributed by atoms with Crippen molar-refractivity contribution in [3.05, 3.63) is 59.7 Å². The Hall–Kier alpha value is -2.49. The third-order valence-corrected chi connectivity index (χ3v) is 5.58. The average molecular weight is 366 g/mol. The molecular weight excluding hydrogens is 334 g/mol. The molecule has 1 amide bonds. The summed E-state index contributed by atoms with van der Waals surface area (Å²) in [5, 5.41) is 0. The van der Waals surface area contributed by atoms with Gasteiger partial charge in [-0.3, -0.25) is 4.79 Å². The smallest absolute Gasteiger partial charge is 0.227 e. The number of piperazine rings is 1. The minimum atomic E-state index is 0.237. The Morgan fingerprint density at radius 1 is 0.926 bits per heavy atom. The van der Waals surface area contributed by atoms with Gasteiger partial charge in [0, 0.05) is 50.6 Å². The quantitative estimate of drug-likeness (QED) is 0.780. The lowest BCUT2D eigenvalue weighted by atomic mass is 10.1. The van der Waals surface area contributed by atoms with Gasteiger partial charge in [0.1, 0.15) is 0 Å². The first-order valence-electron chi connectivity index (χ1n) is 10.0. The van der Waals surface area contributed by atoms with Gasteiger partial charge in [0.05, 0.1) is 6.42 Å². The van der Waals surface area contributed by atoms with E-state index < -0.39 is 0 Å². The summed E-state index contributed by atoms with van der Waals surface area (Å²) in [4.78, 5) is 19.4. The molecule has 1 fully saturated rings. The van der Waals surface area contributed by atoms with Crippen molar-refractivity contribution >= 4 is 17.3 Å². The zero-order valence-electron chi connectivity index (χ0n) is 16.8. The molecule has 2 aromatic carbocycles. The van der Waals surface area contributed by atoms with E-state index in [1.54, 1.807) is 0 Å². The van der Waals surface area contributed by atoms with Gasteiger partial charge < -0.3 is 14.7 Å². The Kier molecular flexibility index (Phi) is 6.38. The van der Waals surface area contributed by atoms with E-state index in [1.807, 2.05) is 17.0 Å². The van der Waals surface area contributed by atoms with E-state index in [0.29, 0.717) is 6.42 Å². The van der Waals surface area contributed by atoms with Gasteiger partial charge in [0.2, 0.25) is 5.91 Å². The molecule has 0 N–H and O–H groups in total. The molecule has 0 aromatic heterocycles. The van der Waals surface area contributed by atoms with Crippen LogP contribution in [0.2, 0.25) is 0 Å². The fraction of sp³-hybridized carbons (Fsp3) is 0.435. The lowest BCUT2D eigenvalue weighted by Crippen LogP contribution is -2.49. The van der Waals surface area contributed by atoms with Gasteiger partial charge >= 0.3 is 0 Å². The van der Waals surface area contributed by atoms with Crippen LogP contribution in [0.5, 0.6) is 0 Å². The molecular formula is C23H31N3O. The molecule has 1 aliphatic heterocycles. The number of nitrogens with zero attached hydrogens (tertiary/aromatic N) is 3. The molecule has 4 nitrogen and oxygen atoms in total. The van der Waals surface area contributed by atoms with Crippen molar-refractivity contribution in [2.24, 2.45) is 0 Å². The Bertz CT molecular complexity index is 744. The molecule has 0 radical (unpaired) electrons. The molecule has 0 aliphatic carbocycles. The van der Waals surface area contributed by atoms with Crippen molar-refractivity contribution in [2.75, 3.05) is 49.1 Å². The summed E-state index contributed by atoms with van der Waals surface area (Å²) in [6.07, 6.45) is 0.505. The van der Waals surface area contributed by atoms with Crippen LogP contribution in [0, 0.1) is 6.92 Å². The average Bonchev–Trinajstić information content (AvgIpc) is 2.71. The monoisotopic (exact) mass is 365 g/mol. The summed E-state index contributed by atoms with van der Waals surface area (Å²) >= 11 is 0. The fourth-order valence-electron chi connectivity index (χ4n) is 3.76. The standard InChI is InChI=1S/C23H31N3O/c1-4-24(5-2)21-10-12-22(13-11-21)25-14-16-26(17-15-25)23(27)18-20-9-7-6-8-19(20)3/h6-13H,4-5,14-18H2,1-3H3. The molecule has 1 saturated heterocycles. The summed E-state index contributed by atoms with van der Waals surface area (Å²) in [6.45, 7) is 11.9. The van der Waals surface area contributed by atoms with Crippen LogP contribution < -0.4 is 9.80 Å². The van der Waals surface area contributed by atoms with Crippen LogP contribution in [0.25, 0.3) is 0 Å². The lowest BCUT2D eigenvalue weighted by Gasteiger charge is -2.36. The van der Waals surface area contributed by atoms with Crippen LogP contribution >= 0.6 is 0 Å². The van der Waals surface area contributed by atoms with E-state index in [4.69, 9.17) is 0 Å². The van der Waals surface area contributed by atoms with Gasteiger partial charge in [0.25, 0.3) is 0 Å². The third kappa shape index (κ3) is 4.62. The lowest BCUT2D eigenvalue weighted by molar-refractivity contribution is -0.130. The van der Waals surface area contributed by atoms with Crippen LogP contribution in [-0.4, -0.2) is 50.1 Å². The van der Waals surface area contributed by atoms with E-state index in [0.717, 1.165) is 44.8 Å². The molecule has 1 heterocycles. The van der Waals surface area contributed by atoms with Crippen LogP contribution in [0.4, 0.5) is 11.4 Å². The molecule has 2 aromatic rings. The number of carbonyl (C=O) groups is 1. The topological polar surface area (TPSA) is 26.8 Å². The van der Waals surface area contributed by atoms with Crippen molar-refractivity contribution < 1.29 is 4.79 Å². The van der Waals surface area contributed by atoms with E-state index in [2.05, 4.69) is 67.0 Å². The minimum Gasteiger partial charge on any atom is -0.372 e. The number of hydrogen-bond donors (Lipinski definition) is 0. The van der Waals surface area contributed by atoms with Crippen molar-refractivity contribution in [3.63, 3.8) is 0 Å². The molecule has 144 valence electrons. The van der Waals surface area contributed by atoms with Gasteiger partial charge in [-0.05, 0) is 56.2 Å². The number of aryl methyl sites for hydroxylation is 1. The molecule has 1 aliphatic rings. The zero-order valence-corrected chi connectivity index (χ0v) is 16.8. The number of benzene rings is 2. The second-order valence-electron chi connectivity index (χ2n) is 7.16. The summed E-state index contributed by atoms with van der Waals surface area (Å²) in [5.74, 6) is 0.237. The van der Waals surface area contributed by atoms with Gasteiger partial charge in [-0.25, -0.2) is 0 Å². The number of anilines is 2. The summed E-state index contributed by atoms with van der Waals surface area (Å²) < 4.78 is 0. The normalized spacial score (nSPS) is 14.3. The Labute approximate surface area is 163 Å². The van der Waals surface area contributed by atoms with Gasteiger partial charge in [-0.15, -0.1) is 0 Å². The van der Waals surface area contributed by atoms with Crippen molar-refractivity contribution in [1.29, 1.82) is 0 Å². The fourth-order valence-corrected chi connectivity index (χ4v) is 3.76. The van der Waals surface area contributed by atoms with Crippen molar-refractivity contribution in [2.45, 2.75) is 27.2 Å². The largest absolute Gasteiger partial charge is 0.372 e. The highest BCUT2D eigenvalue weighted by Gasteiger charge is 2.21. The molecule has 3 rings (SSSR count). The number of carbonyl (C=O) groups excluding carboxylic acids is 1. The SMILES string of the molecule is CCN(CC)c1ccc(N2CCN(C(=O)Cc3ccccc3C)CC2)cc1. The summed E-state index contributed by atoms with van der Waals surface area (Å²) in [5.41, 5.74) is 4.85. The molecule has 0 spiro atoms. The van der Waals surface area contributed by atoms with Crippen LogP contribution in [0.15, 0.2) is 48.5 Å². The van der Waals surface area contributed by atoms with E-state index >= 15 is 0 Å².